The van der Waals surface area contributed by atoms with Crippen LogP contribution in [-0.4, -0.2) is 11.5 Å². The number of H-pyrrole nitrogens is 1. The third-order valence-electron chi connectivity index (χ3n) is 2.23. The summed E-state index contributed by atoms with van der Waals surface area (Å²) in [5, 5.41) is 5.18. The fraction of sp³-hybridized carbons (Fsp3) is 0.273. The van der Waals surface area contributed by atoms with Crippen LogP contribution in [0, 0.1) is 0 Å². The van der Waals surface area contributed by atoms with Gasteiger partial charge >= 0.3 is 0 Å². The van der Waals surface area contributed by atoms with Crippen molar-refractivity contribution in [2.24, 2.45) is 0 Å². The largest absolute Gasteiger partial charge is 0.357 e. The van der Waals surface area contributed by atoms with Crippen molar-refractivity contribution in [3.63, 3.8) is 0 Å². The van der Waals surface area contributed by atoms with E-state index in [2.05, 4.69) is 23.3 Å². The maximum atomic E-state index is 6.06. The summed E-state index contributed by atoms with van der Waals surface area (Å²) in [6.07, 6.45) is 0. The quantitative estimate of drug-likeness (QED) is 0.798. The van der Waals surface area contributed by atoms with Crippen molar-refractivity contribution in [3.05, 3.63) is 35.0 Å². The number of hydrogen-bond acceptors (Lipinski definition) is 1. The van der Waals surface area contributed by atoms with E-state index in [0.29, 0.717) is 0 Å². The highest BCUT2D eigenvalue weighted by Gasteiger charge is 2.02. The molecular formula is C11H13ClN2. The van der Waals surface area contributed by atoms with E-state index < -0.39 is 0 Å². The summed E-state index contributed by atoms with van der Waals surface area (Å²) in [6.45, 7) is 3.93. The monoisotopic (exact) mass is 208 g/mol. The van der Waals surface area contributed by atoms with Gasteiger partial charge in [0.1, 0.15) is 0 Å². The summed E-state index contributed by atoms with van der Waals surface area (Å²) >= 11 is 6.06. The van der Waals surface area contributed by atoms with Crippen LogP contribution in [0.2, 0.25) is 5.02 Å². The Bertz CT molecular complexity index is 434. The molecule has 0 saturated carbocycles. The Hall–Kier alpha value is -0.990. The Balaban J connectivity index is 2.36. The minimum atomic E-state index is 0.807. The fourth-order valence-corrected chi connectivity index (χ4v) is 1.76. The number of nitrogens with one attached hydrogen (secondary N) is 2. The lowest BCUT2D eigenvalue weighted by Crippen LogP contribution is -2.11. The van der Waals surface area contributed by atoms with Gasteiger partial charge in [-0.15, -0.1) is 0 Å². The predicted molar refractivity (Wildman–Crippen MR) is 60.7 cm³/mol. The average Bonchev–Trinajstić information content (AvgIpc) is 2.59. The highest BCUT2D eigenvalue weighted by Crippen LogP contribution is 2.23. The molecule has 0 bridgehead atoms. The smallest absolute Gasteiger partial charge is 0.0499 e. The molecule has 0 unspecified atom stereocenters. The maximum absolute atomic E-state index is 6.06. The molecule has 0 spiro atoms. The predicted octanol–water partition coefficient (Wildman–Crippen LogP) is 2.93. The van der Waals surface area contributed by atoms with E-state index in [1.165, 1.54) is 5.69 Å². The third kappa shape index (κ3) is 1.76. The van der Waals surface area contributed by atoms with Crippen molar-refractivity contribution >= 4 is 22.5 Å². The van der Waals surface area contributed by atoms with Crippen molar-refractivity contribution < 1.29 is 0 Å². The molecule has 0 aliphatic heterocycles. The molecule has 2 N–H and O–H groups in total. The van der Waals surface area contributed by atoms with E-state index in [-0.39, 0.29) is 0 Å². The van der Waals surface area contributed by atoms with E-state index in [1.54, 1.807) is 0 Å². The minimum absolute atomic E-state index is 0.807. The second-order valence-electron chi connectivity index (χ2n) is 3.28. The van der Waals surface area contributed by atoms with Gasteiger partial charge < -0.3 is 10.3 Å². The van der Waals surface area contributed by atoms with E-state index in [1.807, 2.05) is 18.2 Å². The molecule has 1 aromatic heterocycles. The SMILES string of the molecule is CCNCc1cc2c(Cl)cccc2[nH]1. The second-order valence-corrected chi connectivity index (χ2v) is 3.68. The first-order valence-electron chi connectivity index (χ1n) is 4.78. The standard InChI is InChI=1S/C11H13ClN2/c1-2-13-7-8-6-9-10(12)4-3-5-11(9)14-8/h3-6,13-14H,2,7H2,1H3. The maximum Gasteiger partial charge on any atom is 0.0499 e. The summed E-state index contributed by atoms with van der Waals surface area (Å²) < 4.78 is 0. The van der Waals surface area contributed by atoms with Crippen molar-refractivity contribution in [2.75, 3.05) is 6.54 Å². The lowest BCUT2D eigenvalue weighted by atomic mass is 10.2. The van der Waals surface area contributed by atoms with Crippen molar-refractivity contribution in [1.82, 2.24) is 10.3 Å². The molecule has 0 aliphatic rings. The zero-order chi connectivity index (χ0) is 9.97. The lowest BCUT2D eigenvalue weighted by Gasteiger charge is -1.96. The van der Waals surface area contributed by atoms with Crippen molar-refractivity contribution in [3.8, 4) is 0 Å². The molecule has 0 saturated heterocycles. The van der Waals surface area contributed by atoms with Gasteiger partial charge in [-0.25, -0.2) is 0 Å². The number of rotatable bonds is 3. The van der Waals surface area contributed by atoms with Gasteiger partial charge in [0.15, 0.2) is 0 Å². The number of hydrogen-bond donors (Lipinski definition) is 2. The molecule has 0 radical (unpaired) electrons. The van der Waals surface area contributed by atoms with Crippen LogP contribution in [0.25, 0.3) is 10.9 Å². The summed E-state index contributed by atoms with van der Waals surface area (Å²) in [6, 6.07) is 8.00. The van der Waals surface area contributed by atoms with Gasteiger partial charge in [-0.2, -0.15) is 0 Å². The zero-order valence-corrected chi connectivity index (χ0v) is 8.86. The molecule has 1 heterocycles. The van der Waals surface area contributed by atoms with E-state index in [9.17, 15) is 0 Å². The number of benzene rings is 1. The van der Waals surface area contributed by atoms with Crippen LogP contribution in [0.1, 0.15) is 12.6 Å². The molecule has 0 fully saturated rings. The molecule has 0 amide bonds. The summed E-state index contributed by atoms with van der Waals surface area (Å²) in [4.78, 5) is 3.32. The van der Waals surface area contributed by atoms with Gasteiger partial charge in [-0.1, -0.05) is 24.6 Å². The third-order valence-corrected chi connectivity index (χ3v) is 2.56. The number of halogens is 1. The summed E-state index contributed by atoms with van der Waals surface area (Å²) in [5.41, 5.74) is 2.28. The Labute approximate surface area is 88.3 Å². The van der Waals surface area contributed by atoms with Gasteiger partial charge in [0.05, 0.1) is 0 Å². The minimum Gasteiger partial charge on any atom is -0.357 e. The highest BCUT2D eigenvalue weighted by atomic mass is 35.5. The van der Waals surface area contributed by atoms with Crippen LogP contribution in [0.5, 0.6) is 0 Å². The molecule has 2 rings (SSSR count). The zero-order valence-electron chi connectivity index (χ0n) is 8.10. The van der Waals surface area contributed by atoms with Crippen molar-refractivity contribution in [1.29, 1.82) is 0 Å². The molecule has 2 aromatic rings. The number of aromatic amines is 1. The molecule has 0 atom stereocenters. The van der Waals surface area contributed by atoms with E-state index in [0.717, 1.165) is 29.0 Å². The second kappa shape index (κ2) is 4.03. The highest BCUT2D eigenvalue weighted by molar-refractivity contribution is 6.35. The molecule has 14 heavy (non-hydrogen) atoms. The normalized spacial score (nSPS) is 11.0. The van der Waals surface area contributed by atoms with Crippen LogP contribution in [-0.2, 0) is 6.54 Å². The Kier molecular flexibility index (Phi) is 2.75. The van der Waals surface area contributed by atoms with Gasteiger partial charge in [-0.05, 0) is 24.7 Å². The first kappa shape index (κ1) is 9.56. The topological polar surface area (TPSA) is 27.8 Å². The number of aromatic nitrogens is 1. The lowest BCUT2D eigenvalue weighted by molar-refractivity contribution is 0.715. The average molecular weight is 209 g/mol. The van der Waals surface area contributed by atoms with Gasteiger partial charge in [0.2, 0.25) is 0 Å². The Morgan fingerprint density at radius 3 is 3.00 bits per heavy atom. The first-order valence-corrected chi connectivity index (χ1v) is 5.16. The molecule has 3 heteroatoms. The molecule has 2 nitrogen and oxygen atoms in total. The first-order chi connectivity index (χ1) is 6.81. The number of fused-ring (bicyclic) bond motifs is 1. The fourth-order valence-electron chi connectivity index (χ4n) is 1.53. The van der Waals surface area contributed by atoms with Crippen LogP contribution in [0.4, 0.5) is 0 Å². The van der Waals surface area contributed by atoms with Crippen molar-refractivity contribution in [2.45, 2.75) is 13.5 Å². The summed E-state index contributed by atoms with van der Waals surface area (Å²) in [5.74, 6) is 0. The molecular weight excluding hydrogens is 196 g/mol. The molecule has 1 aromatic carbocycles. The molecule has 0 aliphatic carbocycles. The molecule has 74 valence electrons. The van der Waals surface area contributed by atoms with E-state index >= 15 is 0 Å². The van der Waals surface area contributed by atoms with E-state index in [4.69, 9.17) is 11.6 Å². The van der Waals surface area contributed by atoms with Gasteiger partial charge in [-0.3, -0.25) is 0 Å². The summed E-state index contributed by atoms with van der Waals surface area (Å²) in [7, 11) is 0. The van der Waals surface area contributed by atoms with Gasteiger partial charge in [0.25, 0.3) is 0 Å². The van der Waals surface area contributed by atoms with Crippen LogP contribution in [0.15, 0.2) is 24.3 Å². The van der Waals surface area contributed by atoms with Crippen LogP contribution in [0.3, 0.4) is 0 Å². The van der Waals surface area contributed by atoms with Crippen LogP contribution < -0.4 is 5.32 Å². The van der Waals surface area contributed by atoms with Gasteiger partial charge in [0, 0.05) is 28.2 Å². The Morgan fingerprint density at radius 2 is 2.29 bits per heavy atom. The Morgan fingerprint density at radius 1 is 1.43 bits per heavy atom. The van der Waals surface area contributed by atoms with Crippen LogP contribution >= 0.6 is 11.6 Å².